The molecule has 0 aromatic heterocycles. The molecule has 0 N–H and O–H groups in total. The van der Waals surface area contributed by atoms with Crippen LogP contribution in [0.5, 0.6) is 0 Å². The molecule has 0 spiro atoms. The zero-order chi connectivity index (χ0) is 16.4. The molecule has 2 saturated heterocycles. The zero-order valence-corrected chi connectivity index (χ0v) is 12.5. The van der Waals surface area contributed by atoms with Crippen LogP contribution in [0.25, 0.3) is 0 Å². The van der Waals surface area contributed by atoms with Gasteiger partial charge in [0.15, 0.2) is 0 Å². The molecule has 7 heteroatoms. The molecule has 0 saturated carbocycles. The SMILES string of the molecule is O=C(C1CCCO1)N1CCOC(c2ccc(C(F)(F)F)cc2)C1. The number of ether oxygens (including phenoxy) is 2. The third-order valence-corrected chi connectivity index (χ3v) is 4.19. The number of morpholine rings is 1. The van der Waals surface area contributed by atoms with E-state index in [1.165, 1.54) is 12.1 Å². The minimum Gasteiger partial charge on any atom is -0.370 e. The molecule has 2 atom stereocenters. The standard InChI is InChI=1S/C16H18F3NO3/c17-16(18,19)12-5-3-11(4-6-12)14-10-20(7-9-23-14)15(21)13-2-1-8-22-13/h3-6,13-14H,1-2,7-10H2. The zero-order valence-electron chi connectivity index (χ0n) is 12.5. The topological polar surface area (TPSA) is 38.8 Å². The average Bonchev–Trinajstić information content (AvgIpc) is 3.08. The lowest BCUT2D eigenvalue weighted by Gasteiger charge is -2.34. The fourth-order valence-electron chi connectivity index (χ4n) is 2.91. The fourth-order valence-corrected chi connectivity index (χ4v) is 2.91. The molecule has 3 rings (SSSR count). The van der Waals surface area contributed by atoms with Gasteiger partial charge in [-0.15, -0.1) is 0 Å². The summed E-state index contributed by atoms with van der Waals surface area (Å²) >= 11 is 0. The lowest BCUT2D eigenvalue weighted by atomic mass is 10.0. The molecule has 126 valence electrons. The van der Waals surface area contributed by atoms with E-state index in [9.17, 15) is 18.0 Å². The van der Waals surface area contributed by atoms with Crippen molar-refractivity contribution in [1.29, 1.82) is 0 Å². The van der Waals surface area contributed by atoms with Gasteiger partial charge in [0.05, 0.1) is 18.7 Å². The summed E-state index contributed by atoms with van der Waals surface area (Å²) < 4.78 is 48.8. The number of hydrogen-bond acceptors (Lipinski definition) is 3. The maximum atomic E-state index is 12.6. The van der Waals surface area contributed by atoms with Crippen molar-refractivity contribution >= 4 is 5.91 Å². The lowest BCUT2D eigenvalue weighted by molar-refractivity contribution is -0.148. The number of rotatable bonds is 2. The Bertz CT molecular complexity index is 553. The van der Waals surface area contributed by atoms with E-state index < -0.39 is 17.8 Å². The molecule has 1 aromatic carbocycles. The number of nitrogens with zero attached hydrogens (tertiary/aromatic N) is 1. The molecule has 0 aliphatic carbocycles. The number of halogens is 3. The summed E-state index contributed by atoms with van der Waals surface area (Å²) in [5, 5.41) is 0. The molecule has 4 nitrogen and oxygen atoms in total. The largest absolute Gasteiger partial charge is 0.416 e. The van der Waals surface area contributed by atoms with Crippen LogP contribution < -0.4 is 0 Å². The number of carbonyl (C=O) groups is 1. The molecule has 2 unspecified atom stereocenters. The van der Waals surface area contributed by atoms with Crippen molar-refractivity contribution in [3.63, 3.8) is 0 Å². The van der Waals surface area contributed by atoms with Crippen molar-refractivity contribution in [3.8, 4) is 0 Å². The first-order chi connectivity index (χ1) is 10.9. The third-order valence-electron chi connectivity index (χ3n) is 4.19. The highest BCUT2D eigenvalue weighted by Crippen LogP contribution is 2.31. The molecule has 2 aliphatic rings. The predicted octanol–water partition coefficient (Wildman–Crippen LogP) is 2.78. The van der Waals surface area contributed by atoms with Gasteiger partial charge in [-0.2, -0.15) is 13.2 Å². The van der Waals surface area contributed by atoms with Gasteiger partial charge in [-0.25, -0.2) is 0 Å². The van der Waals surface area contributed by atoms with E-state index >= 15 is 0 Å². The molecule has 1 amide bonds. The number of benzene rings is 1. The van der Waals surface area contributed by atoms with E-state index in [2.05, 4.69) is 0 Å². The van der Waals surface area contributed by atoms with Crippen LogP contribution in [0.3, 0.4) is 0 Å². The molecule has 0 radical (unpaired) electrons. The van der Waals surface area contributed by atoms with E-state index in [0.717, 1.165) is 25.0 Å². The van der Waals surface area contributed by atoms with Crippen molar-refractivity contribution in [3.05, 3.63) is 35.4 Å². The van der Waals surface area contributed by atoms with E-state index in [1.807, 2.05) is 0 Å². The minimum atomic E-state index is -4.35. The van der Waals surface area contributed by atoms with Crippen LogP contribution in [0.2, 0.25) is 0 Å². The van der Waals surface area contributed by atoms with Gasteiger partial charge < -0.3 is 14.4 Å². The van der Waals surface area contributed by atoms with Gasteiger partial charge in [0.1, 0.15) is 12.2 Å². The number of hydrogen-bond donors (Lipinski definition) is 0. The van der Waals surface area contributed by atoms with Crippen molar-refractivity contribution < 1.29 is 27.4 Å². The number of carbonyl (C=O) groups excluding carboxylic acids is 1. The van der Waals surface area contributed by atoms with Crippen LogP contribution in [0, 0.1) is 0 Å². The monoisotopic (exact) mass is 329 g/mol. The Morgan fingerprint density at radius 1 is 1.13 bits per heavy atom. The Morgan fingerprint density at radius 2 is 1.87 bits per heavy atom. The Balaban J connectivity index is 1.67. The molecule has 1 aromatic rings. The molecule has 2 aliphatic heterocycles. The summed E-state index contributed by atoms with van der Waals surface area (Å²) in [7, 11) is 0. The van der Waals surface area contributed by atoms with E-state index in [1.54, 1.807) is 4.90 Å². The van der Waals surface area contributed by atoms with Gasteiger partial charge >= 0.3 is 6.18 Å². The fraction of sp³-hybridized carbons (Fsp3) is 0.562. The van der Waals surface area contributed by atoms with Crippen LogP contribution >= 0.6 is 0 Å². The number of amides is 1. The van der Waals surface area contributed by atoms with Crippen LogP contribution in [0.15, 0.2) is 24.3 Å². The third kappa shape index (κ3) is 3.67. The van der Waals surface area contributed by atoms with Crippen molar-refractivity contribution in [1.82, 2.24) is 4.90 Å². The Kier molecular flexibility index (Phi) is 4.59. The predicted molar refractivity (Wildman–Crippen MR) is 75.7 cm³/mol. The summed E-state index contributed by atoms with van der Waals surface area (Å²) in [4.78, 5) is 14.0. The Hall–Kier alpha value is -1.60. The van der Waals surface area contributed by atoms with Gasteiger partial charge in [0.2, 0.25) is 0 Å². The average molecular weight is 329 g/mol. The van der Waals surface area contributed by atoms with Gasteiger partial charge in [-0.3, -0.25) is 4.79 Å². The Morgan fingerprint density at radius 3 is 2.48 bits per heavy atom. The van der Waals surface area contributed by atoms with Crippen LogP contribution in [0.1, 0.15) is 30.1 Å². The summed E-state index contributed by atoms with van der Waals surface area (Å²) in [5.74, 6) is -0.0530. The molecule has 23 heavy (non-hydrogen) atoms. The molecule has 2 fully saturated rings. The van der Waals surface area contributed by atoms with E-state index in [-0.39, 0.29) is 12.0 Å². The van der Waals surface area contributed by atoms with E-state index in [4.69, 9.17) is 9.47 Å². The van der Waals surface area contributed by atoms with Gasteiger partial charge in [0, 0.05) is 13.2 Å². The maximum absolute atomic E-state index is 12.6. The first-order valence-corrected chi connectivity index (χ1v) is 7.64. The summed E-state index contributed by atoms with van der Waals surface area (Å²) in [6.45, 7) is 1.78. The van der Waals surface area contributed by atoms with E-state index in [0.29, 0.717) is 31.9 Å². The second-order valence-electron chi connectivity index (χ2n) is 5.77. The normalized spacial score (nSPS) is 25.6. The van der Waals surface area contributed by atoms with Gasteiger partial charge in [-0.05, 0) is 30.5 Å². The van der Waals surface area contributed by atoms with Crippen molar-refractivity contribution in [2.24, 2.45) is 0 Å². The molecule has 0 bridgehead atoms. The lowest BCUT2D eigenvalue weighted by Crippen LogP contribution is -2.46. The highest BCUT2D eigenvalue weighted by molar-refractivity contribution is 5.81. The second-order valence-corrected chi connectivity index (χ2v) is 5.77. The second kappa shape index (κ2) is 6.49. The maximum Gasteiger partial charge on any atom is 0.416 e. The van der Waals surface area contributed by atoms with Gasteiger partial charge in [0.25, 0.3) is 5.91 Å². The molecular formula is C16H18F3NO3. The quantitative estimate of drug-likeness (QED) is 0.837. The van der Waals surface area contributed by atoms with Crippen LogP contribution in [0.4, 0.5) is 13.2 Å². The van der Waals surface area contributed by atoms with Crippen LogP contribution in [-0.2, 0) is 20.4 Å². The Labute approximate surface area is 132 Å². The summed E-state index contributed by atoms with van der Waals surface area (Å²) in [6.07, 6.45) is -3.55. The number of alkyl halides is 3. The summed E-state index contributed by atoms with van der Waals surface area (Å²) in [6, 6.07) is 4.90. The highest BCUT2D eigenvalue weighted by atomic mass is 19.4. The molecule has 2 heterocycles. The smallest absolute Gasteiger partial charge is 0.370 e. The first kappa shape index (κ1) is 16.3. The van der Waals surface area contributed by atoms with Crippen molar-refractivity contribution in [2.75, 3.05) is 26.3 Å². The first-order valence-electron chi connectivity index (χ1n) is 7.64. The van der Waals surface area contributed by atoms with Crippen molar-refractivity contribution in [2.45, 2.75) is 31.2 Å². The van der Waals surface area contributed by atoms with Gasteiger partial charge in [-0.1, -0.05) is 12.1 Å². The van der Waals surface area contributed by atoms with Crippen LogP contribution in [-0.4, -0.2) is 43.2 Å². The minimum absolute atomic E-state index is 0.0530. The molecular weight excluding hydrogens is 311 g/mol. The highest BCUT2D eigenvalue weighted by Gasteiger charge is 2.33. The summed E-state index contributed by atoms with van der Waals surface area (Å²) in [5.41, 5.74) is -0.0489.